The van der Waals surface area contributed by atoms with Crippen molar-refractivity contribution in [1.82, 2.24) is 9.55 Å². The van der Waals surface area contributed by atoms with Crippen LogP contribution < -0.4 is 15.9 Å². The molecule has 12 heteroatoms. The third kappa shape index (κ3) is 4.53. The Kier molecular flexibility index (Phi) is 5.61. The highest BCUT2D eigenvalue weighted by Crippen LogP contribution is 2.44. The number of aromatic nitrogens is 2. The number of phosphoric acid groups is 1. The summed E-state index contributed by atoms with van der Waals surface area (Å²) in [5, 5.41) is 20.2. The topological polar surface area (TPSA) is 166 Å². The second kappa shape index (κ2) is 7.77. The quantitative estimate of drug-likeness (QED) is 0.471. The summed E-state index contributed by atoms with van der Waals surface area (Å²) in [5.74, 6) is 0.108. The van der Waals surface area contributed by atoms with E-state index in [2.05, 4.69) is 4.98 Å². The highest BCUT2D eigenvalue weighted by molar-refractivity contribution is 7.47. The number of ether oxygens (including phenoxy) is 1. The van der Waals surface area contributed by atoms with Gasteiger partial charge in [-0.1, -0.05) is 18.2 Å². The van der Waals surface area contributed by atoms with Crippen LogP contribution >= 0.6 is 7.82 Å². The van der Waals surface area contributed by atoms with E-state index in [-0.39, 0.29) is 11.6 Å². The molecule has 1 aromatic carbocycles. The Hall–Kier alpha value is -2.27. The molecule has 0 amide bonds. The number of benzene rings is 1. The predicted molar refractivity (Wildman–Crippen MR) is 91.7 cm³/mol. The van der Waals surface area contributed by atoms with Crippen LogP contribution in [-0.2, 0) is 13.8 Å². The van der Waals surface area contributed by atoms with Gasteiger partial charge in [-0.15, -0.1) is 0 Å². The molecule has 27 heavy (non-hydrogen) atoms. The Morgan fingerprint density at radius 2 is 1.93 bits per heavy atom. The van der Waals surface area contributed by atoms with Crippen LogP contribution in [0.2, 0.25) is 0 Å². The van der Waals surface area contributed by atoms with Crippen LogP contribution in [0.3, 0.4) is 0 Å². The molecule has 5 N–H and O–H groups in total. The predicted octanol–water partition coefficient (Wildman–Crippen LogP) is -0.359. The molecule has 0 aliphatic carbocycles. The summed E-state index contributed by atoms with van der Waals surface area (Å²) < 4.78 is 28.1. The first-order chi connectivity index (χ1) is 12.8. The van der Waals surface area contributed by atoms with Gasteiger partial charge in [-0.05, 0) is 18.2 Å². The Bertz CT molecular complexity index is 892. The first-order valence-electron chi connectivity index (χ1n) is 7.85. The molecular formula is C15H18N3O8P. The van der Waals surface area contributed by atoms with Crippen molar-refractivity contribution < 1.29 is 33.5 Å². The first kappa shape index (κ1) is 19.5. The molecule has 0 bridgehead atoms. The van der Waals surface area contributed by atoms with E-state index in [0.717, 1.165) is 4.57 Å². The Morgan fingerprint density at radius 3 is 2.59 bits per heavy atom. The van der Waals surface area contributed by atoms with Crippen LogP contribution in [0.4, 0.5) is 5.82 Å². The number of hydrogen-bond acceptors (Lipinski definition) is 9. The first-order valence-corrected chi connectivity index (χ1v) is 9.34. The van der Waals surface area contributed by atoms with Crippen LogP contribution in [0, 0.1) is 0 Å². The second-order valence-corrected chi connectivity index (χ2v) is 7.14. The third-order valence-electron chi connectivity index (χ3n) is 3.83. The van der Waals surface area contributed by atoms with Crippen LogP contribution in [-0.4, -0.2) is 49.6 Å². The smallest absolute Gasteiger partial charge is 0.404 e. The largest absolute Gasteiger partial charge is 0.527 e. The number of nitrogens with zero attached hydrogens (tertiary/aromatic N) is 2. The van der Waals surface area contributed by atoms with Crippen molar-refractivity contribution in [3.8, 4) is 5.75 Å². The Labute approximate surface area is 153 Å². The van der Waals surface area contributed by atoms with E-state index in [4.69, 9.17) is 19.5 Å². The van der Waals surface area contributed by atoms with Gasteiger partial charge in [-0.2, -0.15) is 4.98 Å². The number of rotatable bonds is 6. The lowest BCUT2D eigenvalue weighted by Gasteiger charge is -2.18. The molecule has 1 aromatic heterocycles. The van der Waals surface area contributed by atoms with Crippen LogP contribution in [0.15, 0.2) is 47.4 Å². The zero-order chi connectivity index (χ0) is 19.6. The summed E-state index contributed by atoms with van der Waals surface area (Å²) in [5.41, 5.74) is 4.62. The van der Waals surface area contributed by atoms with Crippen molar-refractivity contribution in [1.29, 1.82) is 0 Å². The van der Waals surface area contributed by atoms with Crippen molar-refractivity contribution in [3.63, 3.8) is 0 Å². The van der Waals surface area contributed by atoms with Gasteiger partial charge in [-0.3, -0.25) is 14.0 Å². The summed E-state index contributed by atoms with van der Waals surface area (Å²) in [6.07, 6.45) is -4.16. The molecule has 1 fully saturated rings. The number of aliphatic hydroxyl groups excluding tert-OH is 2. The molecule has 0 spiro atoms. The van der Waals surface area contributed by atoms with Crippen molar-refractivity contribution in [2.24, 2.45) is 0 Å². The maximum atomic E-state index is 12.0. The fourth-order valence-corrected chi connectivity index (χ4v) is 3.30. The Morgan fingerprint density at radius 1 is 1.22 bits per heavy atom. The molecule has 146 valence electrons. The molecule has 1 aliphatic heterocycles. The summed E-state index contributed by atoms with van der Waals surface area (Å²) in [7, 11) is -4.49. The number of para-hydroxylation sites is 1. The van der Waals surface area contributed by atoms with Gasteiger partial charge in [0.25, 0.3) is 0 Å². The summed E-state index contributed by atoms with van der Waals surface area (Å²) in [6, 6.07) is 9.18. The maximum absolute atomic E-state index is 12.0. The van der Waals surface area contributed by atoms with Crippen molar-refractivity contribution >= 4 is 13.6 Å². The van der Waals surface area contributed by atoms with Crippen LogP contribution in [0.1, 0.15) is 6.23 Å². The van der Waals surface area contributed by atoms with Gasteiger partial charge in [0.05, 0.1) is 6.61 Å². The number of nitrogens with two attached hydrogens (primary N) is 1. The van der Waals surface area contributed by atoms with Gasteiger partial charge in [0.15, 0.2) is 6.23 Å². The van der Waals surface area contributed by atoms with E-state index in [1.165, 1.54) is 24.4 Å². The minimum absolute atomic E-state index is 0.0107. The zero-order valence-electron chi connectivity index (χ0n) is 13.9. The zero-order valence-corrected chi connectivity index (χ0v) is 14.8. The average molecular weight is 399 g/mol. The van der Waals surface area contributed by atoms with E-state index in [1.807, 2.05) is 0 Å². The number of nitrogen functional groups attached to an aromatic ring is 1. The summed E-state index contributed by atoms with van der Waals surface area (Å²) >= 11 is 0. The molecule has 1 saturated heterocycles. The molecule has 5 atom stereocenters. The van der Waals surface area contributed by atoms with Crippen molar-refractivity contribution in [2.45, 2.75) is 24.5 Å². The Balaban J connectivity index is 1.65. The summed E-state index contributed by atoms with van der Waals surface area (Å²) in [4.78, 5) is 25.2. The molecule has 2 heterocycles. The minimum Gasteiger partial charge on any atom is -0.404 e. The van der Waals surface area contributed by atoms with E-state index < -0.39 is 44.7 Å². The lowest BCUT2D eigenvalue weighted by Crippen LogP contribution is -2.36. The average Bonchev–Trinajstić information content (AvgIpc) is 2.89. The number of anilines is 1. The standard InChI is InChI=1S/C15H18N3O8P/c16-11-6-7-18(15(21)17-11)14-13(20)12(19)10(25-14)8-24-27(22,23)26-9-4-2-1-3-5-9/h1-7,10,12-14,19-20H,8H2,(H,22,23)(H2,16,17,21)/t10-,12+,13+,14-/m1/s1. The molecule has 11 nitrogen and oxygen atoms in total. The normalized spacial score (nSPS) is 27.2. The highest BCUT2D eigenvalue weighted by Gasteiger charge is 2.45. The molecule has 1 unspecified atom stereocenters. The number of phosphoric ester groups is 1. The minimum atomic E-state index is -4.49. The molecule has 1 aliphatic rings. The molecule has 3 rings (SSSR count). The lowest BCUT2D eigenvalue weighted by atomic mass is 10.1. The van der Waals surface area contributed by atoms with Crippen LogP contribution in [0.5, 0.6) is 5.75 Å². The monoisotopic (exact) mass is 399 g/mol. The second-order valence-electron chi connectivity index (χ2n) is 5.76. The van der Waals surface area contributed by atoms with Crippen LogP contribution in [0.25, 0.3) is 0 Å². The van der Waals surface area contributed by atoms with Gasteiger partial charge in [-0.25, -0.2) is 9.36 Å². The third-order valence-corrected chi connectivity index (χ3v) is 4.75. The van der Waals surface area contributed by atoms with E-state index >= 15 is 0 Å². The van der Waals surface area contributed by atoms with Gasteiger partial charge in [0.2, 0.25) is 0 Å². The molecule has 0 radical (unpaired) electrons. The fraction of sp³-hybridized carbons (Fsp3) is 0.333. The summed E-state index contributed by atoms with van der Waals surface area (Å²) in [6.45, 7) is -0.563. The maximum Gasteiger partial charge on any atom is 0.527 e. The van der Waals surface area contributed by atoms with Gasteiger partial charge < -0.3 is 25.2 Å². The lowest BCUT2D eigenvalue weighted by molar-refractivity contribution is -0.0539. The number of aliphatic hydroxyl groups is 2. The van der Waals surface area contributed by atoms with Crippen molar-refractivity contribution in [3.05, 3.63) is 53.1 Å². The highest BCUT2D eigenvalue weighted by atomic mass is 31.2. The number of hydrogen-bond donors (Lipinski definition) is 4. The van der Waals surface area contributed by atoms with E-state index in [9.17, 15) is 24.5 Å². The molecule has 2 aromatic rings. The van der Waals surface area contributed by atoms with Gasteiger partial charge in [0, 0.05) is 6.20 Å². The van der Waals surface area contributed by atoms with Gasteiger partial charge >= 0.3 is 13.5 Å². The molecule has 0 saturated carbocycles. The van der Waals surface area contributed by atoms with Crippen molar-refractivity contribution in [2.75, 3.05) is 12.3 Å². The van der Waals surface area contributed by atoms with E-state index in [1.54, 1.807) is 18.2 Å². The van der Waals surface area contributed by atoms with Gasteiger partial charge in [0.1, 0.15) is 29.9 Å². The SMILES string of the molecule is Nc1ccn([C@@H]2O[C@H](COP(=O)(O)Oc3ccccc3)[C@H](O)[C@@H]2O)c(=O)n1. The fourth-order valence-electron chi connectivity index (χ4n) is 2.52. The van der Waals surface area contributed by atoms with E-state index in [0.29, 0.717) is 0 Å². The molecular weight excluding hydrogens is 381 g/mol.